The molecule has 1 aromatic carbocycles. The Labute approximate surface area is 118 Å². The van der Waals surface area contributed by atoms with E-state index in [9.17, 15) is 9.90 Å². The Balaban J connectivity index is 1.75. The van der Waals surface area contributed by atoms with Gasteiger partial charge in [-0.1, -0.05) is 12.1 Å². The van der Waals surface area contributed by atoms with Crippen LogP contribution in [0.15, 0.2) is 30.3 Å². The highest BCUT2D eigenvalue weighted by Crippen LogP contribution is 2.14. The number of rotatable bonds is 6. The summed E-state index contributed by atoms with van der Waals surface area (Å²) in [6, 6.07) is 7.27. The number of ether oxygens (including phenoxy) is 1. The van der Waals surface area contributed by atoms with Crippen LogP contribution in [0.25, 0.3) is 6.08 Å². The van der Waals surface area contributed by atoms with E-state index in [1.807, 2.05) is 24.3 Å². The summed E-state index contributed by atoms with van der Waals surface area (Å²) in [7, 11) is 0. The average Bonchev–Trinajstić information content (AvgIpc) is 2.83. The van der Waals surface area contributed by atoms with Gasteiger partial charge in [-0.05, 0) is 30.2 Å². The Morgan fingerprint density at radius 3 is 2.75 bits per heavy atom. The zero-order valence-electron chi connectivity index (χ0n) is 11.2. The molecule has 0 aliphatic carbocycles. The van der Waals surface area contributed by atoms with Crippen molar-refractivity contribution in [2.75, 3.05) is 26.2 Å². The molecule has 1 aromatic rings. The fourth-order valence-electron chi connectivity index (χ4n) is 2.15. The predicted molar refractivity (Wildman–Crippen MR) is 75.7 cm³/mol. The highest BCUT2D eigenvalue weighted by molar-refractivity contribution is 5.85. The van der Waals surface area contributed by atoms with Gasteiger partial charge in [0.1, 0.15) is 12.4 Å². The van der Waals surface area contributed by atoms with Crippen molar-refractivity contribution in [3.8, 4) is 5.75 Å². The summed E-state index contributed by atoms with van der Waals surface area (Å²) in [4.78, 5) is 12.6. The first-order valence-electron chi connectivity index (χ1n) is 6.68. The molecule has 0 radical (unpaired) electrons. The molecule has 1 fully saturated rings. The number of likely N-dealkylation sites (tertiary alicyclic amines) is 1. The summed E-state index contributed by atoms with van der Waals surface area (Å²) in [5.74, 6) is -0.199. The molecule has 1 saturated heterocycles. The molecular formula is C15H19NO4. The first-order chi connectivity index (χ1) is 9.63. The van der Waals surface area contributed by atoms with Gasteiger partial charge in [-0.15, -0.1) is 0 Å². The summed E-state index contributed by atoms with van der Waals surface area (Å²) in [5, 5.41) is 17.9. The fraction of sp³-hybridized carbons (Fsp3) is 0.400. The smallest absolute Gasteiger partial charge is 0.328 e. The molecule has 1 aliphatic rings. The lowest BCUT2D eigenvalue weighted by Crippen LogP contribution is -2.27. The SMILES string of the molecule is O=C(O)C=Cc1ccc(OCCN2CCC(O)C2)cc1. The summed E-state index contributed by atoms with van der Waals surface area (Å²) < 4.78 is 5.62. The van der Waals surface area contributed by atoms with Gasteiger partial charge in [0, 0.05) is 25.7 Å². The molecular weight excluding hydrogens is 258 g/mol. The van der Waals surface area contributed by atoms with Gasteiger partial charge < -0.3 is 14.9 Å². The Morgan fingerprint density at radius 1 is 1.40 bits per heavy atom. The van der Waals surface area contributed by atoms with Crippen LogP contribution >= 0.6 is 0 Å². The first-order valence-corrected chi connectivity index (χ1v) is 6.68. The van der Waals surface area contributed by atoms with Crippen molar-refractivity contribution >= 4 is 12.0 Å². The van der Waals surface area contributed by atoms with Crippen molar-refractivity contribution in [1.29, 1.82) is 0 Å². The number of aliphatic hydroxyl groups is 1. The molecule has 0 aromatic heterocycles. The first kappa shape index (κ1) is 14.6. The lowest BCUT2D eigenvalue weighted by atomic mass is 10.2. The molecule has 108 valence electrons. The van der Waals surface area contributed by atoms with E-state index >= 15 is 0 Å². The number of carboxylic acids is 1. The Kier molecular flexibility index (Phi) is 5.15. The summed E-state index contributed by atoms with van der Waals surface area (Å²) in [6.07, 6.45) is 3.28. The van der Waals surface area contributed by atoms with Crippen LogP contribution in [-0.2, 0) is 4.79 Å². The lowest BCUT2D eigenvalue weighted by Gasteiger charge is -2.15. The maximum Gasteiger partial charge on any atom is 0.328 e. The molecule has 5 heteroatoms. The minimum Gasteiger partial charge on any atom is -0.492 e. The molecule has 1 aliphatic heterocycles. The van der Waals surface area contributed by atoms with Crippen molar-refractivity contribution in [2.24, 2.45) is 0 Å². The molecule has 20 heavy (non-hydrogen) atoms. The van der Waals surface area contributed by atoms with Gasteiger partial charge in [0.05, 0.1) is 6.10 Å². The minimum absolute atomic E-state index is 0.199. The molecule has 0 spiro atoms. The van der Waals surface area contributed by atoms with Crippen LogP contribution in [0.1, 0.15) is 12.0 Å². The molecule has 1 atom stereocenters. The van der Waals surface area contributed by atoms with Crippen molar-refractivity contribution in [2.45, 2.75) is 12.5 Å². The second-order valence-electron chi connectivity index (χ2n) is 4.83. The Hall–Kier alpha value is -1.85. The molecule has 1 unspecified atom stereocenters. The molecule has 0 bridgehead atoms. The Bertz CT molecular complexity index is 469. The second-order valence-corrected chi connectivity index (χ2v) is 4.83. The van der Waals surface area contributed by atoms with E-state index in [1.165, 1.54) is 6.08 Å². The maximum absolute atomic E-state index is 10.4. The van der Waals surface area contributed by atoms with Gasteiger partial charge in [-0.25, -0.2) is 4.79 Å². The van der Waals surface area contributed by atoms with Gasteiger partial charge in [0.15, 0.2) is 0 Å². The number of hydrogen-bond acceptors (Lipinski definition) is 4. The van der Waals surface area contributed by atoms with Crippen LogP contribution in [0.4, 0.5) is 0 Å². The van der Waals surface area contributed by atoms with Crippen LogP contribution < -0.4 is 4.74 Å². The summed E-state index contributed by atoms with van der Waals surface area (Å²) in [5.41, 5.74) is 0.822. The van der Waals surface area contributed by atoms with E-state index in [0.717, 1.165) is 43.4 Å². The average molecular weight is 277 g/mol. The molecule has 2 N–H and O–H groups in total. The number of β-amino-alcohol motifs (C(OH)–C–C–N with tert-alkyl or cyclic N) is 1. The number of carboxylic acid groups (broad SMARTS) is 1. The van der Waals surface area contributed by atoms with Crippen LogP contribution in [0.3, 0.4) is 0 Å². The zero-order valence-corrected chi connectivity index (χ0v) is 11.2. The van der Waals surface area contributed by atoms with Crippen LogP contribution in [0.2, 0.25) is 0 Å². The topological polar surface area (TPSA) is 70.0 Å². The molecule has 0 saturated carbocycles. The van der Waals surface area contributed by atoms with Gasteiger partial charge >= 0.3 is 5.97 Å². The van der Waals surface area contributed by atoms with Crippen molar-refractivity contribution in [1.82, 2.24) is 4.90 Å². The number of aliphatic carboxylic acids is 1. The third kappa shape index (κ3) is 4.68. The quantitative estimate of drug-likeness (QED) is 0.765. The number of carbonyl (C=O) groups is 1. The van der Waals surface area contributed by atoms with Gasteiger partial charge in [-0.2, -0.15) is 0 Å². The monoisotopic (exact) mass is 277 g/mol. The largest absolute Gasteiger partial charge is 0.492 e. The normalized spacial score (nSPS) is 19.6. The van der Waals surface area contributed by atoms with Gasteiger partial charge in [0.25, 0.3) is 0 Å². The zero-order chi connectivity index (χ0) is 14.4. The lowest BCUT2D eigenvalue weighted by molar-refractivity contribution is -0.131. The minimum atomic E-state index is -0.960. The Morgan fingerprint density at radius 2 is 2.15 bits per heavy atom. The number of nitrogens with zero attached hydrogens (tertiary/aromatic N) is 1. The number of hydrogen-bond donors (Lipinski definition) is 2. The van der Waals surface area contributed by atoms with Gasteiger partial charge in [0.2, 0.25) is 0 Å². The summed E-state index contributed by atoms with van der Waals surface area (Å²) >= 11 is 0. The molecule has 1 heterocycles. The van der Waals surface area contributed by atoms with Crippen LogP contribution in [0.5, 0.6) is 5.75 Å². The molecule has 2 rings (SSSR count). The maximum atomic E-state index is 10.4. The van der Waals surface area contributed by atoms with E-state index in [-0.39, 0.29) is 6.10 Å². The van der Waals surface area contributed by atoms with Crippen LogP contribution in [-0.4, -0.2) is 53.4 Å². The number of aliphatic hydroxyl groups excluding tert-OH is 1. The summed E-state index contributed by atoms with van der Waals surface area (Å²) in [6.45, 7) is 3.03. The highest BCUT2D eigenvalue weighted by Gasteiger charge is 2.19. The van der Waals surface area contributed by atoms with E-state index in [2.05, 4.69) is 4.90 Å². The predicted octanol–water partition coefficient (Wildman–Crippen LogP) is 1.23. The highest BCUT2D eigenvalue weighted by atomic mass is 16.5. The van der Waals surface area contributed by atoms with Crippen molar-refractivity contribution in [3.63, 3.8) is 0 Å². The van der Waals surface area contributed by atoms with E-state index in [4.69, 9.17) is 9.84 Å². The molecule has 0 amide bonds. The fourth-order valence-corrected chi connectivity index (χ4v) is 2.15. The van der Waals surface area contributed by atoms with E-state index in [1.54, 1.807) is 0 Å². The van der Waals surface area contributed by atoms with Crippen LogP contribution in [0, 0.1) is 0 Å². The van der Waals surface area contributed by atoms with E-state index < -0.39 is 5.97 Å². The van der Waals surface area contributed by atoms with Crippen molar-refractivity contribution in [3.05, 3.63) is 35.9 Å². The second kappa shape index (κ2) is 7.07. The van der Waals surface area contributed by atoms with E-state index in [0.29, 0.717) is 6.61 Å². The standard InChI is InChI=1S/C15H19NO4/c17-13-7-8-16(11-13)9-10-20-14-4-1-12(2-5-14)3-6-15(18)19/h1-6,13,17H,7-11H2,(H,18,19). The third-order valence-electron chi connectivity index (χ3n) is 3.22. The number of benzene rings is 1. The third-order valence-corrected chi connectivity index (χ3v) is 3.22. The van der Waals surface area contributed by atoms with Crippen molar-refractivity contribution < 1.29 is 19.7 Å². The molecule has 5 nitrogen and oxygen atoms in total. The van der Waals surface area contributed by atoms with Gasteiger partial charge in [-0.3, -0.25) is 4.90 Å².